The number of hydrogen-bond donors (Lipinski definition) is 2. The highest BCUT2D eigenvalue weighted by molar-refractivity contribution is 7.99. The van der Waals surface area contributed by atoms with Crippen molar-refractivity contribution >= 4 is 35.2 Å². The summed E-state index contributed by atoms with van der Waals surface area (Å²) in [5, 5.41) is 13.0. The summed E-state index contributed by atoms with van der Waals surface area (Å²) in [5.74, 6) is -0.417. The molecule has 1 saturated carbocycles. The number of carboxylic acid groups (broad SMARTS) is 1. The maximum atomic E-state index is 12.6. The predicted octanol–water partition coefficient (Wildman–Crippen LogP) is 3.88. The third-order valence-electron chi connectivity index (χ3n) is 4.72. The van der Waals surface area contributed by atoms with Crippen molar-refractivity contribution in [1.29, 1.82) is 0 Å². The van der Waals surface area contributed by atoms with Gasteiger partial charge in [-0.2, -0.15) is 0 Å². The third-order valence-corrected chi connectivity index (χ3v) is 6.08. The molecular formula is C17H20ClNO3S. The van der Waals surface area contributed by atoms with Crippen molar-refractivity contribution in [2.45, 2.75) is 43.0 Å². The van der Waals surface area contributed by atoms with Crippen molar-refractivity contribution in [2.24, 2.45) is 11.8 Å². The minimum absolute atomic E-state index is 0.0150. The molecule has 0 aromatic heterocycles. The Bertz CT molecular complexity index is 622. The number of hydrogen-bond acceptors (Lipinski definition) is 3. The highest BCUT2D eigenvalue weighted by atomic mass is 35.5. The largest absolute Gasteiger partial charge is 0.481 e. The number of amides is 1. The first-order chi connectivity index (χ1) is 11.0. The molecule has 3 atom stereocenters. The Morgan fingerprint density at radius 3 is 2.78 bits per heavy atom. The van der Waals surface area contributed by atoms with Crippen LogP contribution < -0.4 is 5.32 Å². The summed E-state index contributed by atoms with van der Waals surface area (Å²) in [5.41, 5.74) is 1.08. The van der Waals surface area contributed by atoms with Crippen LogP contribution in [-0.4, -0.2) is 22.7 Å². The van der Waals surface area contributed by atoms with Gasteiger partial charge in [-0.3, -0.25) is 9.59 Å². The van der Waals surface area contributed by atoms with Gasteiger partial charge in [0.1, 0.15) is 0 Å². The van der Waals surface area contributed by atoms with E-state index >= 15 is 0 Å². The third kappa shape index (κ3) is 3.83. The number of nitrogens with one attached hydrogen (secondary N) is 1. The van der Waals surface area contributed by atoms with Gasteiger partial charge in [0.25, 0.3) is 0 Å². The second kappa shape index (κ2) is 7.14. The lowest BCUT2D eigenvalue weighted by molar-refractivity contribution is -0.144. The standard InChI is InChI=1S/C17H20ClNO3S/c18-12-4-5-15-13(9-12)14(6-7-23-15)19-16(20)10-2-1-3-11(8-10)17(21)22/h4-5,9-11,14H,1-3,6-8H2,(H,19,20)(H,21,22). The predicted molar refractivity (Wildman–Crippen MR) is 90.8 cm³/mol. The number of aliphatic carboxylic acids is 1. The zero-order valence-corrected chi connectivity index (χ0v) is 14.3. The number of carbonyl (C=O) groups is 2. The SMILES string of the molecule is O=C(O)C1CCCC(C(=O)NC2CCSc3ccc(Cl)cc32)C1. The van der Waals surface area contributed by atoms with Crippen LogP contribution in [0.25, 0.3) is 0 Å². The fraction of sp³-hybridized carbons (Fsp3) is 0.529. The van der Waals surface area contributed by atoms with Crippen LogP contribution in [0.1, 0.15) is 43.7 Å². The van der Waals surface area contributed by atoms with E-state index in [2.05, 4.69) is 5.32 Å². The molecule has 1 fully saturated rings. The Morgan fingerprint density at radius 1 is 1.22 bits per heavy atom. The monoisotopic (exact) mass is 353 g/mol. The summed E-state index contributed by atoms with van der Waals surface area (Å²) in [4.78, 5) is 24.9. The average Bonchev–Trinajstić information content (AvgIpc) is 2.55. The van der Waals surface area contributed by atoms with E-state index in [-0.39, 0.29) is 23.8 Å². The van der Waals surface area contributed by atoms with E-state index in [0.29, 0.717) is 17.9 Å². The quantitative estimate of drug-likeness (QED) is 0.865. The van der Waals surface area contributed by atoms with Crippen molar-refractivity contribution in [2.75, 3.05) is 5.75 Å². The van der Waals surface area contributed by atoms with Crippen LogP contribution in [0, 0.1) is 11.8 Å². The molecule has 3 unspecified atom stereocenters. The molecule has 6 heteroatoms. The molecule has 1 aliphatic heterocycles. The lowest BCUT2D eigenvalue weighted by atomic mass is 9.81. The van der Waals surface area contributed by atoms with E-state index in [9.17, 15) is 14.7 Å². The van der Waals surface area contributed by atoms with Crippen LogP contribution >= 0.6 is 23.4 Å². The van der Waals surface area contributed by atoms with Crippen LogP contribution in [-0.2, 0) is 9.59 Å². The molecule has 1 aromatic carbocycles. The molecule has 124 valence electrons. The van der Waals surface area contributed by atoms with Crippen LogP contribution in [0.15, 0.2) is 23.1 Å². The summed E-state index contributed by atoms with van der Waals surface area (Å²) in [6.45, 7) is 0. The van der Waals surface area contributed by atoms with E-state index in [1.54, 1.807) is 11.8 Å². The number of thioether (sulfide) groups is 1. The van der Waals surface area contributed by atoms with Gasteiger partial charge in [0.15, 0.2) is 0 Å². The van der Waals surface area contributed by atoms with Crippen LogP contribution in [0.5, 0.6) is 0 Å². The minimum Gasteiger partial charge on any atom is -0.481 e. The van der Waals surface area contributed by atoms with Gasteiger partial charge in [-0.05, 0) is 49.4 Å². The number of fused-ring (bicyclic) bond motifs is 1. The number of benzene rings is 1. The Morgan fingerprint density at radius 2 is 2.00 bits per heavy atom. The van der Waals surface area contributed by atoms with E-state index in [1.165, 1.54) is 0 Å². The topological polar surface area (TPSA) is 66.4 Å². The van der Waals surface area contributed by atoms with E-state index in [0.717, 1.165) is 35.5 Å². The lowest BCUT2D eigenvalue weighted by Crippen LogP contribution is -2.38. The molecule has 0 saturated heterocycles. The zero-order valence-electron chi connectivity index (χ0n) is 12.8. The first kappa shape index (κ1) is 16.7. The molecule has 4 nitrogen and oxygen atoms in total. The Hall–Kier alpha value is -1.20. The Labute approximate surface area is 145 Å². The molecule has 23 heavy (non-hydrogen) atoms. The number of rotatable bonds is 3. The molecule has 0 radical (unpaired) electrons. The normalized spacial score (nSPS) is 27.1. The second-order valence-corrected chi connectivity index (χ2v) is 7.85. The summed E-state index contributed by atoms with van der Waals surface area (Å²) in [7, 11) is 0. The minimum atomic E-state index is -0.784. The average molecular weight is 354 g/mol. The smallest absolute Gasteiger partial charge is 0.306 e. The first-order valence-corrected chi connectivity index (χ1v) is 9.36. The van der Waals surface area contributed by atoms with Gasteiger partial charge in [-0.25, -0.2) is 0 Å². The number of carbonyl (C=O) groups excluding carboxylic acids is 1. The van der Waals surface area contributed by atoms with Gasteiger partial charge in [0, 0.05) is 21.6 Å². The van der Waals surface area contributed by atoms with Gasteiger partial charge in [-0.1, -0.05) is 18.0 Å². The fourth-order valence-corrected chi connectivity index (χ4v) is 4.74. The summed E-state index contributed by atoms with van der Waals surface area (Å²) < 4.78 is 0. The highest BCUT2D eigenvalue weighted by Crippen LogP contribution is 2.38. The van der Waals surface area contributed by atoms with E-state index in [4.69, 9.17) is 11.6 Å². The summed E-state index contributed by atoms with van der Waals surface area (Å²) >= 11 is 7.87. The number of halogens is 1. The van der Waals surface area contributed by atoms with Crippen molar-refractivity contribution < 1.29 is 14.7 Å². The van der Waals surface area contributed by atoms with Gasteiger partial charge in [-0.15, -0.1) is 11.8 Å². The molecule has 3 rings (SSSR count). The number of carboxylic acids is 1. The van der Waals surface area contributed by atoms with Crippen molar-refractivity contribution in [1.82, 2.24) is 5.32 Å². The van der Waals surface area contributed by atoms with Crippen LogP contribution in [0.2, 0.25) is 5.02 Å². The van der Waals surface area contributed by atoms with Crippen molar-refractivity contribution in [3.63, 3.8) is 0 Å². The van der Waals surface area contributed by atoms with Gasteiger partial charge >= 0.3 is 5.97 Å². The van der Waals surface area contributed by atoms with Crippen molar-refractivity contribution in [3.8, 4) is 0 Å². The van der Waals surface area contributed by atoms with Gasteiger partial charge < -0.3 is 10.4 Å². The Kier molecular flexibility index (Phi) is 5.17. The van der Waals surface area contributed by atoms with E-state index in [1.807, 2.05) is 18.2 Å². The molecule has 1 aliphatic carbocycles. The van der Waals surface area contributed by atoms with Crippen LogP contribution in [0.3, 0.4) is 0 Å². The molecule has 0 bridgehead atoms. The molecule has 2 N–H and O–H groups in total. The molecule has 1 heterocycles. The Balaban J connectivity index is 1.69. The highest BCUT2D eigenvalue weighted by Gasteiger charge is 2.32. The zero-order chi connectivity index (χ0) is 16.4. The fourth-order valence-electron chi connectivity index (χ4n) is 3.46. The summed E-state index contributed by atoms with van der Waals surface area (Å²) in [6.07, 6.45) is 3.58. The van der Waals surface area contributed by atoms with E-state index < -0.39 is 5.97 Å². The summed E-state index contributed by atoms with van der Waals surface area (Å²) in [6, 6.07) is 5.77. The maximum absolute atomic E-state index is 12.6. The van der Waals surface area contributed by atoms with Gasteiger partial charge in [0.05, 0.1) is 12.0 Å². The molecule has 1 amide bonds. The maximum Gasteiger partial charge on any atom is 0.306 e. The lowest BCUT2D eigenvalue weighted by Gasteiger charge is -2.30. The van der Waals surface area contributed by atoms with Crippen LogP contribution in [0.4, 0.5) is 0 Å². The molecule has 1 aromatic rings. The second-order valence-electron chi connectivity index (χ2n) is 6.28. The first-order valence-electron chi connectivity index (χ1n) is 8.00. The van der Waals surface area contributed by atoms with Gasteiger partial charge in [0.2, 0.25) is 5.91 Å². The van der Waals surface area contributed by atoms with Crippen molar-refractivity contribution in [3.05, 3.63) is 28.8 Å². The molecule has 2 aliphatic rings. The molecular weight excluding hydrogens is 334 g/mol. The molecule has 0 spiro atoms.